The molecule has 1 aliphatic heterocycles. The molecule has 1 atom stereocenters. The Hall–Kier alpha value is -1.67. The van der Waals surface area contributed by atoms with Gasteiger partial charge < -0.3 is 15.4 Å². The number of hydrogen-bond donors (Lipinski definition) is 2. The Kier molecular flexibility index (Phi) is 5.73. The van der Waals surface area contributed by atoms with Gasteiger partial charge in [-0.3, -0.25) is 4.79 Å². The Morgan fingerprint density at radius 2 is 2.32 bits per heavy atom. The minimum atomic E-state index is -2.94. The van der Waals surface area contributed by atoms with E-state index < -0.39 is 9.84 Å². The summed E-state index contributed by atoms with van der Waals surface area (Å²) < 4.78 is 27.8. The van der Waals surface area contributed by atoms with Gasteiger partial charge in [0.1, 0.15) is 5.82 Å². The molecule has 1 saturated heterocycles. The van der Waals surface area contributed by atoms with E-state index in [1.165, 1.54) is 6.20 Å². The van der Waals surface area contributed by atoms with Crippen molar-refractivity contribution >= 4 is 21.6 Å². The zero-order valence-electron chi connectivity index (χ0n) is 12.5. The molecule has 1 aliphatic rings. The lowest BCUT2D eigenvalue weighted by Gasteiger charge is -2.12. The molecule has 1 fully saturated rings. The molecule has 1 amide bonds. The third-order valence-electron chi connectivity index (χ3n) is 3.42. The molecule has 2 heterocycles. The fraction of sp³-hybridized carbons (Fsp3) is 0.571. The third-order valence-corrected chi connectivity index (χ3v) is 5.19. The van der Waals surface area contributed by atoms with Crippen molar-refractivity contribution in [1.82, 2.24) is 10.3 Å². The predicted octanol–water partition coefficient (Wildman–Crippen LogP) is 0.447. The molecule has 0 radical (unpaired) electrons. The summed E-state index contributed by atoms with van der Waals surface area (Å²) in [5.74, 6) is 0.652. The minimum absolute atomic E-state index is 0.113. The Balaban J connectivity index is 1.91. The van der Waals surface area contributed by atoms with Crippen LogP contribution in [0.15, 0.2) is 18.3 Å². The number of methoxy groups -OCH3 is 1. The van der Waals surface area contributed by atoms with Gasteiger partial charge in [0, 0.05) is 38.1 Å². The summed E-state index contributed by atoms with van der Waals surface area (Å²) in [6.07, 6.45) is 2.85. The average Bonchev–Trinajstić information content (AvgIpc) is 2.82. The summed E-state index contributed by atoms with van der Waals surface area (Å²) in [7, 11) is -1.32. The smallest absolute Gasteiger partial charge is 0.251 e. The van der Waals surface area contributed by atoms with Crippen LogP contribution in [-0.2, 0) is 14.6 Å². The number of hydrogen-bond acceptors (Lipinski definition) is 6. The van der Waals surface area contributed by atoms with Crippen LogP contribution >= 0.6 is 0 Å². The molecule has 1 unspecified atom stereocenters. The van der Waals surface area contributed by atoms with Crippen LogP contribution in [0.25, 0.3) is 0 Å². The van der Waals surface area contributed by atoms with Crippen molar-refractivity contribution < 1.29 is 17.9 Å². The quantitative estimate of drug-likeness (QED) is 0.706. The van der Waals surface area contributed by atoms with Crippen LogP contribution in [-0.4, -0.2) is 57.1 Å². The molecule has 0 aromatic carbocycles. The highest BCUT2D eigenvalue weighted by atomic mass is 32.2. The molecular formula is C14H21N3O4S. The summed E-state index contributed by atoms with van der Waals surface area (Å²) in [6, 6.07) is 3.12. The first-order chi connectivity index (χ1) is 10.5. The predicted molar refractivity (Wildman–Crippen MR) is 83.7 cm³/mol. The van der Waals surface area contributed by atoms with Crippen LogP contribution in [0.2, 0.25) is 0 Å². The van der Waals surface area contributed by atoms with Crippen LogP contribution in [0, 0.1) is 0 Å². The first-order valence-electron chi connectivity index (χ1n) is 7.20. The van der Waals surface area contributed by atoms with Gasteiger partial charge in [0.2, 0.25) is 0 Å². The van der Waals surface area contributed by atoms with Crippen molar-refractivity contribution in [2.75, 3.05) is 37.1 Å². The zero-order chi connectivity index (χ0) is 16.0. The number of carbonyl (C=O) groups excluding carboxylic acids is 1. The topological polar surface area (TPSA) is 97.4 Å². The zero-order valence-corrected chi connectivity index (χ0v) is 13.4. The summed E-state index contributed by atoms with van der Waals surface area (Å²) >= 11 is 0. The molecule has 22 heavy (non-hydrogen) atoms. The SMILES string of the molecule is COCCCNC(=O)c1ccnc(NC2CCS(=O)(=O)C2)c1. The van der Waals surface area contributed by atoms with Crippen molar-refractivity contribution in [3.8, 4) is 0 Å². The lowest BCUT2D eigenvalue weighted by Crippen LogP contribution is -2.26. The molecular weight excluding hydrogens is 306 g/mol. The van der Waals surface area contributed by atoms with E-state index in [0.29, 0.717) is 31.0 Å². The van der Waals surface area contributed by atoms with Gasteiger partial charge in [-0.2, -0.15) is 0 Å². The molecule has 0 spiro atoms. The molecule has 2 N–H and O–H groups in total. The van der Waals surface area contributed by atoms with Gasteiger partial charge in [0.25, 0.3) is 5.91 Å². The van der Waals surface area contributed by atoms with Crippen molar-refractivity contribution in [1.29, 1.82) is 0 Å². The maximum Gasteiger partial charge on any atom is 0.251 e. The highest BCUT2D eigenvalue weighted by Gasteiger charge is 2.27. The molecule has 8 heteroatoms. The third kappa shape index (κ3) is 4.96. The molecule has 0 aliphatic carbocycles. The molecule has 1 aromatic heterocycles. The highest BCUT2D eigenvalue weighted by Crippen LogP contribution is 2.16. The number of carbonyl (C=O) groups is 1. The van der Waals surface area contributed by atoms with E-state index >= 15 is 0 Å². The largest absolute Gasteiger partial charge is 0.385 e. The van der Waals surface area contributed by atoms with Crippen LogP contribution in [0.3, 0.4) is 0 Å². The number of nitrogens with one attached hydrogen (secondary N) is 2. The second-order valence-electron chi connectivity index (χ2n) is 5.28. The van der Waals surface area contributed by atoms with Crippen LogP contribution in [0.1, 0.15) is 23.2 Å². The van der Waals surface area contributed by atoms with E-state index in [9.17, 15) is 13.2 Å². The number of aromatic nitrogens is 1. The molecule has 7 nitrogen and oxygen atoms in total. The van der Waals surface area contributed by atoms with E-state index in [2.05, 4.69) is 15.6 Å². The first-order valence-corrected chi connectivity index (χ1v) is 9.02. The normalized spacial score (nSPS) is 19.8. The van der Waals surface area contributed by atoms with Crippen LogP contribution < -0.4 is 10.6 Å². The molecule has 122 valence electrons. The summed E-state index contributed by atoms with van der Waals surface area (Å²) in [5, 5.41) is 5.88. The van der Waals surface area contributed by atoms with E-state index in [1.54, 1.807) is 19.2 Å². The fourth-order valence-electron chi connectivity index (χ4n) is 2.29. The van der Waals surface area contributed by atoms with Gasteiger partial charge in [-0.15, -0.1) is 0 Å². The molecule has 2 rings (SSSR count). The Labute approximate surface area is 130 Å². The average molecular weight is 327 g/mol. The van der Waals surface area contributed by atoms with E-state index in [1.807, 2.05) is 0 Å². The van der Waals surface area contributed by atoms with Crippen molar-refractivity contribution in [2.45, 2.75) is 18.9 Å². The van der Waals surface area contributed by atoms with Gasteiger partial charge >= 0.3 is 0 Å². The second kappa shape index (κ2) is 7.55. The monoisotopic (exact) mass is 327 g/mol. The van der Waals surface area contributed by atoms with Gasteiger partial charge in [-0.05, 0) is 25.0 Å². The van der Waals surface area contributed by atoms with Crippen molar-refractivity contribution in [3.05, 3.63) is 23.9 Å². The Morgan fingerprint density at radius 1 is 1.50 bits per heavy atom. The van der Waals surface area contributed by atoms with E-state index in [-0.39, 0.29) is 23.5 Å². The van der Waals surface area contributed by atoms with Crippen LogP contribution in [0.5, 0.6) is 0 Å². The van der Waals surface area contributed by atoms with Crippen LogP contribution in [0.4, 0.5) is 5.82 Å². The maximum absolute atomic E-state index is 12.0. The lowest BCUT2D eigenvalue weighted by molar-refractivity contribution is 0.0948. The molecule has 0 bridgehead atoms. The second-order valence-corrected chi connectivity index (χ2v) is 7.51. The fourth-order valence-corrected chi connectivity index (χ4v) is 3.96. The number of ether oxygens (including phenoxy) is 1. The van der Waals surface area contributed by atoms with Gasteiger partial charge in [0.15, 0.2) is 9.84 Å². The Morgan fingerprint density at radius 3 is 3.00 bits per heavy atom. The maximum atomic E-state index is 12.0. The molecule has 1 aromatic rings. The molecule has 0 saturated carbocycles. The highest BCUT2D eigenvalue weighted by molar-refractivity contribution is 7.91. The van der Waals surface area contributed by atoms with E-state index in [4.69, 9.17) is 4.74 Å². The van der Waals surface area contributed by atoms with Gasteiger partial charge in [-0.25, -0.2) is 13.4 Å². The number of sulfone groups is 1. The van der Waals surface area contributed by atoms with E-state index in [0.717, 1.165) is 6.42 Å². The summed E-state index contributed by atoms with van der Waals surface area (Å²) in [5.41, 5.74) is 0.496. The Bertz CT molecular complexity index is 618. The number of rotatable bonds is 7. The van der Waals surface area contributed by atoms with Gasteiger partial charge in [-0.1, -0.05) is 0 Å². The number of amides is 1. The lowest BCUT2D eigenvalue weighted by atomic mass is 10.2. The summed E-state index contributed by atoms with van der Waals surface area (Å²) in [4.78, 5) is 16.1. The van der Waals surface area contributed by atoms with Crippen molar-refractivity contribution in [2.24, 2.45) is 0 Å². The van der Waals surface area contributed by atoms with Gasteiger partial charge in [0.05, 0.1) is 11.5 Å². The number of pyridine rings is 1. The van der Waals surface area contributed by atoms with Crippen molar-refractivity contribution in [3.63, 3.8) is 0 Å². The number of nitrogens with zero attached hydrogens (tertiary/aromatic N) is 1. The first kappa shape index (κ1) is 16.7. The standard InChI is InChI=1S/C14H21N3O4S/c1-21-7-2-5-16-14(18)11-3-6-15-13(9-11)17-12-4-8-22(19,20)10-12/h3,6,9,12H,2,4-5,7-8,10H2,1H3,(H,15,17)(H,16,18). The number of anilines is 1. The minimum Gasteiger partial charge on any atom is -0.385 e. The summed E-state index contributed by atoms with van der Waals surface area (Å²) in [6.45, 7) is 1.14.